The largest absolute Gasteiger partial charge is 0.302 e. The first-order valence-electron chi connectivity index (χ1n) is 5.08. The van der Waals surface area contributed by atoms with Crippen molar-refractivity contribution in [2.45, 2.75) is 13.5 Å². The van der Waals surface area contributed by atoms with Crippen molar-refractivity contribution in [3.05, 3.63) is 42.1 Å². The van der Waals surface area contributed by atoms with Crippen molar-refractivity contribution in [2.75, 3.05) is 6.61 Å². The lowest BCUT2D eigenvalue weighted by molar-refractivity contribution is 0.0463. The highest BCUT2D eigenvalue weighted by Gasteiger charge is 1.96. The molecule has 0 saturated heterocycles. The first-order valence-corrected chi connectivity index (χ1v) is 5.08. The van der Waals surface area contributed by atoms with Crippen LogP contribution in [-0.2, 0) is 11.4 Å². The van der Waals surface area contributed by atoms with Gasteiger partial charge in [-0.05, 0) is 30.7 Å². The Morgan fingerprint density at radius 3 is 3.13 bits per heavy atom. The van der Waals surface area contributed by atoms with E-state index in [4.69, 9.17) is 4.84 Å². The summed E-state index contributed by atoms with van der Waals surface area (Å²) in [5, 5.41) is 1.16. The lowest BCUT2D eigenvalue weighted by atomic mass is 10.1. The Morgan fingerprint density at radius 1 is 1.33 bits per heavy atom. The zero-order valence-electron chi connectivity index (χ0n) is 8.73. The molecule has 0 saturated carbocycles. The van der Waals surface area contributed by atoms with Crippen LogP contribution in [0.15, 0.2) is 36.5 Å². The Balaban J connectivity index is 2.16. The third kappa shape index (κ3) is 2.52. The average Bonchev–Trinajstić information content (AvgIpc) is 2.29. The highest BCUT2D eigenvalue weighted by Crippen LogP contribution is 2.12. The lowest BCUT2D eigenvalue weighted by Crippen LogP contribution is -2.13. The van der Waals surface area contributed by atoms with E-state index in [9.17, 15) is 0 Å². The number of hydroxylamine groups is 1. The minimum Gasteiger partial charge on any atom is -0.302 e. The fraction of sp³-hybridized carbons (Fsp3) is 0.250. The quantitative estimate of drug-likeness (QED) is 0.610. The first-order chi connectivity index (χ1) is 7.40. The molecule has 0 aliphatic rings. The van der Waals surface area contributed by atoms with Gasteiger partial charge in [0.1, 0.15) is 0 Å². The molecule has 2 rings (SSSR count). The molecule has 1 N–H and O–H groups in total. The topological polar surface area (TPSA) is 34.1 Å². The maximum absolute atomic E-state index is 5.08. The fourth-order valence-electron chi connectivity index (χ4n) is 1.47. The van der Waals surface area contributed by atoms with Gasteiger partial charge in [0.15, 0.2) is 0 Å². The number of nitrogens with one attached hydrogen (secondary N) is 1. The fourth-order valence-corrected chi connectivity index (χ4v) is 1.47. The Kier molecular flexibility index (Phi) is 3.27. The SMILES string of the molecule is CCONCc1ccc2ncccc2c1. The van der Waals surface area contributed by atoms with Crippen LogP contribution in [0.1, 0.15) is 12.5 Å². The number of rotatable bonds is 4. The van der Waals surface area contributed by atoms with E-state index in [1.165, 1.54) is 5.56 Å². The molecule has 3 heteroatoms. The standard InChI is InChI=1S/C12H14N2O/c1-2-15-14-9-10-5-6-12-11(8-10)4-3-7-13-12/h3-8,14H,2,9H2,1H3. The van der Waals surface area contributed by atoms with Crippen molar-refractivity contribution in [2.24, 2.45) is 0 Å². The molecule has 1 heterocycles. The molecule has 0 amide bonds. The molecule has 0 spiro atoms. The molecular weight excluding hydrogens is 188 g/mol. The number of benzene rings is 1. The second-order valence-corrected chi connectivity index (χ2v) is 3.28. The van der Waals surface area contributed by atoms with Crippen molar-refractivity contribution in [1.29, 1.82) is 0 Å². The monoisotopic (exact) mass is 202 g/mol. The number of nitrogens with zero attached hydrogens (tertiary/aromatic N) is 1. The lowest BCUT2D eigenvalue weighted by Gasteiger charge is -2.04. The van der Waals surface area contributed by atoms with Crippen LogP contribution in [0.2, 0.25) is 0 Å². The normalized spacial score (nSPS) is 10.7. The molecular formula is C12H14N2O. The molecule has 1 aromatic heterocycles. The van der Waals surface area contributed by atoms with Gasteiger partial charge < -0.3 is 4.84 Å². The van der Waals surface area contributed by atoms with Gasteiger partial charge >= 0.3 is 0 Å². The van der Waals surface area contributed by atoms with Crippen molar-refractivity contribution in [1.82, 2.24) is 10.5 Å². The average molecular weight is 202 g/mol. The molecule has 0 fully saturated rings. The van der Waals surface area contributed by atoms with Crippen LogP contribution in [0, 0.1) is 0 Å². The minimum absolute atomic E-state index is 0.676. The number of fused-ring (bicyclic) bond motifs is 1. The number of hydrogen-bond acceptors (Lipinski definition) is 3. The van der Waals surface area contributed by atoms with Crippen LogP contribution < -0.4 is 5.48 Å². The predicted molar refractivity (Wildman–Crippen MR) is 60.2 cm³/mol. The van der Waals surface area contributed by atoms with Gasteiger partial charge in [0.2, 0.25) is 0 Å². The van der Waals surface area contributed by atoms with Crippen LogP contribution in [0.4, 0.5) is 0 Å². The molecule has 78 valence electrons. The zero-order chi connectivity index (χ0) is 10.5. The van der Waals surface area contributed by atoms with Crippen molar-refractivity contribution in [3.8, 4) is 0 Å². The second-order valence-electron chi connectivity index (χ2n) is 3.28. The molecule has 0 aliphatic carbocycles. The van der Waals surface area contributed by atoms with Gasteiger partial charge in [-0.3, -0.25) is 4.98 Å². The third-order valence-electron chi connectivity index (χ3n) is 2.19. The number of hydrogen-bond donors (Lipinski definition) is 1. The smallest absolute Gasteiger partial charge is 0.0702 e. The summed E-state index contributed by atoms with van der Waals surface area (Å²) in [6.45, 7) is 3.35. The third-order valence-corrected chi connectivity index (χ3v) is 2.19. The summed E-state index contributed by atoms with van der Waals surface area (Å²) in [7, 11) is 0. The summed E-state index contributed by atoms with van der Waals surface area (Å²) >= 11 is 0. The summed E-state index contributed by atoms with van der Waals surface area (Å²) in [4.78, 5) is 9.35. The molecule has 0 bridgehead atoms. The molecule has 0 unspecified atom stereocenters. The van der Waals surface area contributed by atoms with Crippen LogP contribution in [0.5, 0.6) is 0 Å². The summed E-state index contributed by atoms with van der Waals surface area (Å²) in [6.07, 6.45) is 1.81. The summed E-state index contributed by atoms with van der Waals surface area (Å²) in [6, 6.07) is 10.2. The van der Waals surface area contributed by atoms with E-state index in [-0.39, 0.29) is 0 Å². The molecule has 0 aliphatic heterocycles. The molecule has 3 nitrogen and oxygen atoms in total. The molecule has 0 radical (unpaired) electrons. The summed E-state index contributed by atoms with van der Waals surface area (Å²) in [5.41, 5.74) is 5.12. The van der Waals surface area contributed by atoms with E-state index in [0.29, 0.717) is 6.61 Å². The van der Waals surface area contributed by atoms with E-state index in [1.807, 2.05) is 19.1 Å². The minimum atomic E-state index is 0.676. The Hall–Kier alpha value is -1.45. The van der Waals surface area contributed by atoms with Crippen molar-refractivity contribution < 1.29 is 4.84 Å². The molecule has 0 atom stereocenters. The predicted octanol–water partition coefficient (Wildman–Crippen LogP) is 2.28. The van der Waals surface area contributed by atoms with Gasteiger partial charge in [-0.15, -0.1) is 0 Å². The van der Waals surface area contributed by atoms with Crippen molar-refractivity contribution >= 4 is 10.9 Å². The van der Waals surface area contributed by atoms with Gasteiger partial charge in [-0.25, -0.2) is 0 Å². The maximum Gasteiger partial charge on any atom is 0.0702 e. The van der Waals surface area contributed by atoms with Crippen molar-refractivity contribution in [3.63, 3.8) is 0 Å². The number of pyridine rings is 1. The Morgan fingerprint density at radius 2 is 2.27 bits per heavy atom. The van der Waals surface area contributed by atoms with E-state index in [2.05, 4.69) is 28.7 Å². The van der Waals surface area contributed by atoms with E-state index >= 15 is 0 Å². The maximum atomic E-state index is 5.08. The highest BCUT2D eigenvalue weighted by molar-refractivity contribution is 5.78. The van der Waals surface area contributed by atoms with Crippen LogP contribution in [0.3, 0.4) is 0 Å². The van der Waals surface area contributed by atoms with Crippen LogP contribution in [0.25, 0.3) is 10.9 Å². The highest BCUT2D eigenvalue weighted by atomic mass is 16.6. The Bertz CT molecular complexity index is 442. The van der Waals surface area contributed by atoms with Gasteiger partial charge in [-0.2, -0.15) is 5.48 Å². The van der Waals surface area contributed by atoms with E-state index in [0.717, 1.165) is 17.4 Å². The van der Waals surface area contributed by atoms with Gasteiger partial charge in [0, 0.05) is 18.1 Å². The summed E-state index contributed by atoms with van der Waals surface area (Å²) in [5.74, 6) is 0. The van der Waals surface area contributed by atoms with Gasteiger partial charge in [0.05, 0.1) is 12.1 Å². The Labute approximate surface area is 89.0 Å². The van der Waals surface area contributed by atoms with Crippen LogP contribution >= 0.6 is 0 Å². The van der Waals surface area contributed by atoms with Gasteiger partial charge in [-0.1, -0.05) is 12.1 Å². The first kappa shape index (κ1) is 10.1. The molecule has 15 heavy (non-hydrogen) atoms. The second kappa shape index (κ2) is 4.87. The number of aromatic nitrogens is 1. The van der Waals surface area contributed by atoms with E-state index < -0.39 is 0 Å². The van der Waals surface area contributed by atoms with E-state index in [1.54, 1.807) is 6.20 Å². The summed E-state index contributed by atoms with van der Waals surface area (Å²) < 4.78 is 0. The van der Waals surface area contributed by atoms with Crippen LogP contribution in [-0.4, -0.2) is 11.6 Å². The zero-order valence-corrected chi connectivity index (χ0v) is 8.73. The molecule has 2 aromatic rings. The molecule has 1 aromatic carbocycles. The van der Waals surface area contributed by atoms with Gasteiger partial charge in [0.25, 0.3) is 0 Å².